The third-order valence-corrected chi connectivity index (χ3v) is 4.71. The van der Waals surface area contributed by atoms with Crippen molar-refractivity contribution in [2.75, 3.05) is 11.4 Å². The molecule has 4 heterocycles. The van der Waals surface area contributed by atoms with Crippen molar-refractivity contribution in [3.63, 3.8) is 0 Å². The lowest BCUT2D eigenvalue weighted by Crippen LogP contribution is -2.36. The second kappa shape index (κ2) is 6.11. The van der Waals surface area contributed by atoms with Crippen LogP contribution in [-0.2, 0) is 0 Å². The van der Waals surface area contributed by atoms with Crippen LogP contribution in [0.25, 0.3) is 5.82 Å². The summed E-state index contributed by atoms with van der Waals surface area (Å²) in [6.45, 7) is 5.21. The van der Waals surface area contributed by atoms with Crippen LogP contribution in [0.1, 0.15) is 37.4 Å². The van der Waals surface area contributed by atoms with Gasteiger partial charge in [0.15, 0.2) is 5.82 Å². The van der Waals surface area contributed by atoms with E-state index in [1.807, 2.05) is 36.0 Å². The second-order valence-corrected chi connectivity index (χ2v) is 6.43. The predicted molar refractivity (Wildman–Crippen MR) is 91.1 cm³/mol. The van der Waals surface area contributed by atoms with E-state index >= 15 is 0 Å². The highest BCUT2D eigenvalue weighted by atomic mass is 16.3. The fraction of sp³-hybridized carbons (Fsp3) is 0.389. The van der Waals surface area contributed by atoms with E-state index in [-0.39, 0.29) is 6.04 Å². The summed E-state index contributed by atoms with van der Waals surface area (Å²) in [6, 6.07) is 4.20. The Bertz CT molecular complexity index is 810. The Kier molecular flexibility index (Phi) is 3.80. The topological polar surface area (TPSA) is 60.0 Å². The van der Waals surface area contributed by atoms with Crippen LogP contribution in [0.3, 0.4) is 0 Å². The maximum Gasteiger partial charge on any atom is 0.159 e. The first kappa shape index (κ1) is 14.9. The SMILES string of the molecule is Cc1nccn1-c1cncc(N2CC[C@@H](C)C[C@H]2c2ccco2)n1. The number of nitrogens with zero attached hydrogens (tertiary/aromatic N) is 5. The van der Waals surface area contributed by atoms with Gasteiger partial charge in [-0.3, -0.25) is 9.55 Å². The summed E-state index contributed by atoms with van der Waals surface area (Å²) in [4.78, 5) is 15.8. The molecule has 24 heavy (non-hydrogen) atoms. The Hall–Kier alpha value is -2.63. The summed E-state index contributed by atoms with van der Waals surface area (Å²) in [7, 11) is 0. The van der Waals surface area contributed by atoms with Crippen molar-refractivity contribution in [1.82, 2.24) is 19.5 Å². The van der Waals surface area contributed by atoms with Crippen LogP contribution in [0.5, 0.6) is 0 Å². The Morgan fingerprint density at radius 2 is 2.12 bits per heavy atom. The minimum Gasteiger partial charge on any atom is -0.467 e. The molecule has 3 aromatic heterocycles. The summed E-state index contributed by atoms with van der Waals surface area (Å²) in [5.74, 6) is 4.24. The lowest BCUT2D eigenvalue weighted by molar-refractivity contribution is 0.327. The summed E-state index contributed by atoms with van der Waals surface area (Å²) >= 11 is 0. The van der Waals surface area contributed by atoms with Crippen LogP contribution >= 0.6 is 0 Å². The minimum atomic E-state index is 0.206. The third kappa shape index (κ3) is 2.68. The van der Waals surface area contributed by atoms with Crippen LogP contribution in [0.2, 0.25) is 0 Å². The van der Waals surface area contributed by atoms with Gasteiger partial charge in [-0.15, -0.1) is 0 Å². The Morgan fingerprint density at radius 3 is 2.88 bits per heavy atom. The maximum absolute atomic E-state index is 5.69. The Morgan fingerprint density at radius 1 is 1.25 bits per heavy atom. The zero-order chi connectivity index (χ0) is 16.5. The lowest BCUT2D eigenvalue weighted by Gasteiger charge is -2.38. The van der Waals surface area contributed by atoms with E-state index in [2.05, 4.69) is 21.8 Å². The maximum atomic E-state index is 5.69. The number of rotatable bonds is 3. The first-order valence-electron chi connectivity index (χ1n) is 8.35. The van der Waals surface area contributed by atoms with E-state index in [9.17, 15) is 0 Å². The van der Waals surface area contributed by atoms with E-state index in [0.717, 1.165) is 42.6 Å². The summed E-state index contributed by atoms with van der Waals surface area (Å²) in [6.07, 6.45) is 11.2. The van der Waals surface area contributed by atoms with Crippen molar-refractivity contribution < 1.29 is 4.42 Å². The molecule has 0 aromatic carbocycles. The molecule has 0 N–H and O–H groups in total. The van der Waals surface area contributed by atoms with Gasteiger partial charge in [0.25, 0.3) is 0 Å². The molecule has 4 rings (SSSR count). The molecule has 0 bridgehead atoms. The average Bonchev–Trinajstić information content (AvgIpc) is 3.26. The van der Waals surface area contributed by atoms with Crippen molar-refractivity contribution in [3.05, 3.63) is 54.8 Å². The van der Waals surface area contributed by atoms with Gasteiger partial charge in [0.1, 0.15) is 17.4 Å². The van der Waals surface area contributed by atoms with E-state index in [0.29, 0.717) is 5.92 Å². The fourth-order valence-corrected chi connectivity index (χ4v) is 3.39. The Balaban J connectivity index is 1.70. The van der Waals surface area contributed by atoms with Crippen molar-refractivity contribution >= 4 is 5.82 Å². The van der Waals surface area contributed by atoms with Gasteiger partial charge in [0.05, 0.1) is 24.7 Å². The number of anilines is 1. The normalized spacial score (nSPS) is 21.2. The van der Waals surface area contributed by atoms with Crippen LogP contribution in [0.4, 0.5) is 5.82 Å². The monoisotopic (exact) mass is 323 g/mol. The number of hydrogen-bond acceptors (Lipinski definition) is 5. The molecule has 0 amide bonds. The van der Waals surface area contributed by atoms with E-state index in [1.54, 1.807) is 18.7 Å². The lowest BCUT2D eigenvalue weighted by atomic mass is 9.91. The highest BCUT2D eigenvalue weighted by Crippen LogP contribution is 2.36. The van der Waals surface area contributed by atoms with Gasteiger partial charge < -0.3 is 9.32 Å². The molecule has 3 aromatic rings. The van der Waals surface area contributed by atoms with Crippen LogP contribution in [-0.4, -0.2) is 26.1 Å². The van der Waals surface area contributed by atoms with Crippen LogP contribution in [0, 0.1) is 12.8 Å². The van der Waals surface area contributed by atoms with Crippen molar-refractivity contribution in [2.45, 2.75) is 32.7 Å². The molecule has 0 spiro atoms. The molecule has 1 aliphatic heterocycles. The standard InChI is InChI=1S/C18H21N5O/c1-13-5-7-23(15(10-13)16-4-3-9-24-16)18-12-19-11-17(21-18)22-8-6-20-14(22)2/h3-4,6,8-9,11-13,15H,5,7,10H2,1-2H3/t13-,15+/m1/s1. The van der Waals surface area contributed by atoms with Crippen molar-refractivity contribution in [2.24, 2.45) is 5.92 Å². The zero-order valence-corrected chi connectivity index (χ0v) is 14.0. The van der Waals surface area contributed by atoms with Crippen LogP contribution < -0.4 is 4.90 Å². The molecule has 0 radical (unpaired) electrons. The van der Waals surface area contributed by atoms with E-state index in [1.165, 1.54) is 0 Å². The largest absolute Gasteiger partial charge is 0.467 e. The van der Waals surface area contributed by atoms with Gasteiger partial charge in [-0.25, -0.2) is 9.97 Å². The molecular weight excluding hydrogens is 302 g/mol. The summed E-state index contributed by atoms with van der Waals surface area (Å²) < 4.78 is 7.64. The number of hydrogen-bond donors (Lipinski definition) is 0. The number of aromatic nitrogens is 4. The van der Waals surface area contributed by atoms with E-state index < -0.39 is 0 Å². The average molecular weight is 323 g/mol. The molecule has 2 atom stereocenters. The smallest absolute Gasteiger partial charge is 0.159 e. The van der Waals surface area contributed by atoms with Crippen LogP contribution in [0.15, 0.2) is 47.6 Å². The molecule has 0 aliphatic carbocycles. The summed E-state index contributed by atoms with van der Waals surface area (Å²) in [5.41, 5.74) is 0. The second-order valence-electron chi connectivity index (χ2n) is 6.43. The highest BCUT2D eigenvalue weighted by molar-refractivity contribution is 5.43. The number of aryl methyl sites for hydroxylation is 1. The zero-order valence-electron chi connectivity index (χ0n) is 14.0. The predicted octanol–water partition coefficient (Wildman–Crippen LogP) is 3.54. The molecule has 6 nitrogen and oxygen atoms in total. The highest BCUT2D eigenvalue weighted by Gasteiger charge is 2.30. The first-order chi connectivity index (χ1) is 11.7. The minimum absolute atomic E-state index is 0.206. The number of imidazole rings is 1. The van der Waals surface area contributed by atoms with Crippen molar-refractivity contribution in [3.8, 4) is 5.82 Å². The summed E-state index contributed by atoms with van der Waals surface area (Å²) in [5, 5.41) is 0. The van der Waals surface area contributed by atoms with Gasteiger partial charge in [-0.05, 0) is 37.8 Å². The molecule has 124 valence electrons. The van der Waals surface area contributed by atoms with Crippen molar-refractivity contribution in [1.29, 1.82) is 0 Å². The number of furan rings is 1. The van der Waals surface area contributed by atoms with Gasteiger partial charge in [0.2, 0.25) is 0 Å². The molecule has 6 heteroatoms. The first-order valence-corrected chi connectivity index (χ1v) is 8.35. The van der Waals surface area contributed by atoms with Gasteiger partial charge >= 0.3 is 0 Å². The molecule has 1 aliphatic rings. The molecule has 1 fully saturated rings. The fourth-order valence-electron chi connectivity index (χ4n) is 3.39. The molecule has 1 saturated heterocycles. The molecule has 0 unspecified atom stereocenters. The molecular formula is C18H21N5O. The van der Waals surface area contributed by atoms with Gasteiger partial charge in [-0.2, -0.15) is 0 Å². The third-order valence-electron chi connectivity index (χ3n) is 4.71. The van der Waals surface area contributed by atoms with Gasteiger partial charge in [-0.1, -0.05) is 6.92 Å². The Labute approximate surface area is 141 Å². The van der Waals surface area contributed by atoms with E-state index in [4.69, 9.17) is 9.40 Å². The molecule has 0 saturated carbocycles. The number of piperidine rings is 1. The van der Waals surface area contributed by atoms with Gasteiger partial charge in [0, 0.05) is 18.9 Å². The quantitative estimate of drug-likeness (QED) is 0.738.